The monoisotopic (exact) mass is 344 g/mol. The van der Waals surface area contributed by atoms with Crippen molar-refractivity contribution in [2.24, 2.45) is 0 Å². The first-order valence-corrected chi connectivity index (χ1v) is 8.20. The van der Waals surface area contributed by atoms with Gasteiger partial charge in [-0.2, -0.15) is 0 Å². The highest BCUT2D eigenvalue weighted by molar-refractivity contribution is 6.05. The Morgan fingerprint density at radius 3 is 2.12 bits per heavy atom. The molecule has 2 amide bonds. The maximum Gasteiger partial charge on any atom is 0.255 e. The van der Waals surface area contributed by atoms with Crippen LogP contribution < -0.4 is 5.32 Å². The van der Waals surface area contributed by atoms with E-state index in [0.717, 1.165) is 44.5 Å². The Morgan fingerprint density at radius 1 is 0.840 bits per heavy atom. The summed E-state index contributed by atoms with van der Waals surface area (Å²) in [5, 5.41) is 2.50. The number of amides is 2. The second-order valence-electron chi connectivity index (χ2n) is 6.01. The molecule has 0 saturated carbocycles. The fraction of sp³-hybridized carbons (Fsp3) is 0.263. The molecule has 2 aromatic carbocycles. The van der Waals surface area contributed by atoms with Crippen LogP contribution in [0.3, 0.4) is 0 Å². The summed E-state index contributed by atoms with van der Waals surface area (Å²) >= 11 is 0. The van der Waals surface area contributed by atoms with Gasteiger partial charge in [-0.1, -0.05) is 0 Å². The number of nitrogens with zero attached hydrogens (tertiary/aromatic N) is 1. The van der Waals surface area contributed by atoms with E-state index < -0.39 is 17.5 Å². The average Bonchev–Trinajstić information content (AvgIpc) is 2.65. The molecule has 1 fully saturated rings. The van der Waals surface area contributed by atoms with E-state index in [1.165, 1.54) is 6.07 Å². The SMILES string of the molecule is O=C(Nc1ccc(F)c(F)c1)c1ccc(C(=O)N2CCCCC2)cc1. The first kappa shape index (κ1) is 17.1. The van der Waals surface area contributed by atoms with Crippen LogP contribution >= 0.6 is 0 Å². The van der Waals surface area contributed by atoms with Crippen molar-refractivity contribution in [2.45, 2.75) is 19.3 Å². The highest BCUT2D eigenvalue weighted by Gasteiger charge is 2.18. The Hall–Kier alpha value is -2.76. The molecule has 1 aliphatic heterocycles. The number of nitrogens with one attached hydrogen (secondary N) is 1. The number of carbonyl (C=O) groups is 2. The van der Waals surface area contributed by atoms with Crippen molar-refractivity contribution in [2.75, 3.05) is 18.4 Å². The molecule has 0 spiro atoms. The van der Waals surface area contributed by atoms with Crippen LogP contribution in [0.1, 0.15) is 40.0 Å². The van der Waals surface area contributed by atoms with Gasteiger partial charge >= 0.3 is 0 Å². The second-order valence-corrected chi connectivity index (χ2v) is 6.01. The van der Waals surface area contributed by atoms with Crippen molar-refractivity contribution in [3.63, 3.8) is 0 Å². The molecule has 0 aromatic heterocycles. The van der Waals surface area contributed by atoms with E-state index in [1.807, 2.05) is 4.90 Å². The van der Waals surface area contributed by atoms with Crippen molar-refractivity contribution in [1.82, 2.24) is 4.90 Å². The number of carbonyl (C=O) groups excluding carboxylic acids is 2. The van der Waals surface area contributed by atoms with Crippen molar-refractivity contribution >= 4 is 17.5 Å². The average molecular weight is 344 g/mol. The van der Waals surface area contributed by atoms with Gasteiger partial charge in [0.25, 0.3) is 11.8 Å². The Bertz CT molecular complexity index is 785. The molecule has 3 rings (SSSR count). The van der Waals surface area contributed by atoms with E-state index in [9.17, 15) is 18.4 Å². The summed E-state index contributed by atoms with van der Waals surface area (Å²) in [6, 6.07) is 9.46. The molecule has 0 atom stereocenters. The first-order chi connectivity index (χ1) is 12.0. The van der Waals surface area contributed by atoms with Gasteiger partial charge in [-0.3, -0.25) is 9.59 Å². The maximum atomic E-state index is 13.2. The number of rotatable bonds is 3. The van der Waals surface area contributed by atoms with Gasteiger partial charge in [0.2, 0.25) is 0 Å². The van der Waals surface area contributed by atoms with E-state index in [-0.39, 0.29) is 11.6 Å². The summed E-state index contributed by atoms with van der Waals surface area (Å²) in [7, 11) is 0. The first-order valence-electron chi connectivity index (χ1n) is 8.20. The molecule has 6 heteroatoms. The number of anilines is 1. The molecule has 0 aliphatic carbocycles. The van der Waals surface area contributed by atoms with E-state index in [4.69, 9.17) is 0 Å². The van der Waals surface area contributed by atoms with Crippen molar-refractivity contribution in [3.05, 3.63) is 65.2 Å². The number of benzene rings is 2. The van der Waals surface area contributed by atoms with Crippen molar-refractivity contribution in [3.8, 4) is 0 Å². The lowest BCUT2D eigenvalue weighted by Crippen LogP contribution is -2.35. The third kappa shape index (κ3) is 4.02. The smallest absolute Gasteiger partial charge is 0.255 e. The highest BCUT2D eigenvalue weighted by atomic mass is 19.2. The van der Waals surface area contributed by atoms with Crippen molar-refractivity contribution in [1.29, 1.82) is 0 Å². The third-order valence-corrected chi connectivity index (χ3v) is 4.21. The Balaban J connectivity index is 1.67. The van der Waals surface area contributed by atoms with Gasteiger partial charge in [0.15, 0.2) is 11.6 Å². The highest BCUT2D eigenvalue weighted by Crippen LogP contribution is 2.16. The molecular weight excluding hydrogens is 326 g/mol. The van der Waals surface area contributed by atoms with E-state index in [2.05, 4.69) is 5.32 Å². The minimum absolute atomic E-state index is 0.0349. The molecule has 4 nitrogen and oxygen atoms in total. The van der Waals surface area contributed by atoms with Crippen LogP contribution in [0, 0.1) is 11.6 Å². The fourth-order valence-electron chi connectivity index (χ4n) is 2.82. The minimum Gasteiger partial charge on any atom is -0.339 e. The van der Waals surface area contributed by atoms with Gasteiger partial charge in [-0.25, -0.2) is 8.78 Å². The Labute approximate surface area is 144 Å². The molecule has 0 unspecified atom stereocenters. The van der Waals surface area contributed by atoms with Crippen LogP contribution in [0.15, 0.2) is 42.5 Å². The van der Waals surface area contributed by atoms with Gasteiger partial charge in [0.1, 0.15) is 0 Å². The molecule has 1 N–H and O–H groups in total. The zero-order valence-corrected chi connectivity index (χ0v) is 13.6. The molecule has 25 heavy (non-hydrogen) atoms. The minimum atomic E-state index is -1.03. The Morgan fingerprint density at radius 2 is 1.48 bits per heavy atom. The van der Waals surface area contributed by atoms with E-state index in [1.54, 1.807) is 24.3 Å². The predicted molar refractivity (Wildman–Crippen MR) is 90.5 cm³/mol. The summed E-state index contributed by atoms with van der Waals surface area (Å²) in [5.74, 6) is -2.49. The van der Waals surface area contributed by atoms with Crippen LogP contribution in [0.5, 0.6) is 0 Å². The van der Waals surface area contributed by atoms with Crippen LogP contribution in [0.25, 0.3) is 0 Å². The Kier molecular flexibility index (Phi) is 5.07. The molecule has 2 aromatic rings. The summed E-state index contributed by atoms with van der Waals surface area (Å²) in [4.78, 5) is 26.4. The van der Waals surface area contributed by atoms with Gasteiger partial charge in [0, 0.05) is 36.0 Å². The number of halogens is 2. The molecule has 0 bridgehead atoms. The second kappa shape index (κ2) is 7.42. The van der Waals surface area contributed by atoms with Crippen LogP contribution in [-0.2, 0) is 0 Å². The van der Waals surface area contributed by atoms with Gasteiger partial charge in [0.05, 0.1) is 0 Å². The lowest BCUT2D eigenvalue weighted by Gasteiger charge is -2.26. The summed E-state index contributed by atoms with van der Waals surface area (Å²) in [5.41, 5.74) is 1.03. The zero-order valence-electron chi connectivity index (χ0n) is 13.6. The van der Waals surface area contributed by atoms with Gasteiger partial charge in [-0.15, -0.1) is 0 Å². The topological polar surface area (TPSA) is 49.4 Å². The van der Waals surface area contributed by atoms with Crippen LogP contribution in [-0.4, -0.2) is 29.8 Å². The van der Waals surface area contributed by atoms with Crippen molar-refractivity contribution < 1.29 is 18.4 Å². The molecule has 1 heterocycles. The molecular formula is C19H18F2N2O2. The van der Waals surface area contributed by atoms with Crippen LogP contribution in [0.2, 0.25) is 0 Å². The number of hydrogen-bond acceptors (Lipinski definition) is 2. The number of hydrogen-bond donors (Lipinski definition) is 1. The largest absolute Gasteiger partial charge is 0.339 e. The van der Waals surface area contributed by atoms with Gasteiger partial charge < -0.3 is 10.2 Å². The summed E-state index contributed by atoms with van der Waals surface area (Å²) < 4.78 is 26.1. The van der Waals surface area contributed by atoms with E-state index in [0.29, 0.717) is 11.1 Å². The van der Waals surface area contributed by atoms with Gasteiger partial charge in [-0.05, 0) is 55.7 Å². The van der Waals surface area contributed by atoms with E-state index >= 15 is 0 Å². The number of likely N-dealkylation sites (tertiary alicyclic amines) is 1. The predicted octanol–water partition coefficient (Wildman–Crippen LogP) is 3.84. The summed E-state index contributed by atoms with van der Waals surface area (Å²) in [6.07, 6.45) is 3.17. The van der Waals surface area contributed by atoms with Crippen LogP contribution in [0.4, 0.5) is 14.5 Å². The lowest BCUT2D eigenvalue weighted by atomic mass is 10.1. The zero-order chi connectivity index (χ0) is 17.8. The quantitative estimate of drug-likeness (QED) is 0.920. The third-order valence-electron chi connectivity index (χ3n) is 4.21. The lowest BCUT2D eigenvalue weighted by molar-refractivity contribution is 0.0724. The molecule has 0 radical (unpaired) electrons. The summed E-state index contributed by atoms with van der Waals surface area (Å²) in [6.45, 7) is 1.52. The molecule has 130 valence electrons. The standard InChI is InChI=1S/C19H18F2N2O2/c20-16-9-8-15(12-17(16)21)22-18(24)13-4-6-14(7-5-13)19(25)23-10-2-1-3-11-23/h4-9,12H,1-3,10-11H2,(H,22,24). The molecule has 1 saturated heterocycles. The normalized spacial score (nSPS) is 14.2. The number of piperidine rings is 1. The maximum absolute atomic E-state index is 13.2. The fourth-order valence-corrected chi connectivity index (χ4v) is 2.82. The molecule has 1 aliphatic rings.